The summed E-state index contributed by atoms with van der Waals surface area (Å²) >= 11 is 0. The minimum Gasteiger partial charge on any atom is -0.462 e. The molecule has 112 valence electrons. The van der Waals surface area contributed by atoms with Crippen LogP contribution in [0.1, 0.15) is 40.0 Å². The van der Waals surface area contributed by atoms with E-state index in [2.05, 4.69) is 13.5 Å². The smallest absolute Gasteiger partial charge is 0.339 e. The number of carbonyl (C=O) groups is 2. The van der Waals surface area contributed by atoms with E-state index in [0.717, 1.165) is 30.4 Å². The lowest BCUT2D eigenvalue weighted by Gasteiger charge is -2.48. The Hall–Kier alpha value is -1.84. The maximum Gasteiger partial charge on any atom is 0.339 e. The molecule has 4 nitrogen and oxygen atoms in total. The summed E-state index contributed by atoms with van der Waals surface area (Å²) in [4.78, 5) is 23.1. The monoisotopic (exact) mass is 288 g/mol. The topological polar surface area (TPSA) is 52.6 Å². The molecule has 21 heavy (non-hydrogen) atoms. The minimum atomic E-state index is -0.356. The predicted octanol–water partition coefficient (Wildman–Crippen LogP) is 3.05. The quantitative estimate of drug-likeness (QED) is 0.549. The van der Waals surface area contributed by atoms with Gasteiger partial charge in [-0.05, 0) is 38.2 Å². The summed E-state index contributed by atoms with van der Waals surface area (Å²) in [6.45, 7) is 9.50. The first kappa shape index (κ1) is 14.1. The number of fused-ring (bicyclic) bond motifs is 2. The van der Waals surface area contributed by atoms with Crippen molar-refractivity contribution in [2.45, 2.75) is 46.1 Å². The van der Waals surface area contributed by atoms with Crippen LogP contribution in [0.15, 0.2) is 35.1 Å². The van der Waals surface area contributed by atoms with E-state index in [-0.39, 0.29) is 29.4 Å². The van der Waals surface area contributed by atoms with E-state index in [9.17, 15) is 9.59 Å². The molecule has 0 unspecified atom stereocenters. The van der Waals surface area contributed by atoms with Gasteiger partial charge in [-0.15, -0.1) is 0 Å². The van der Waals surface area contributed by atoms with E-state index >= 15 is 0 Å². The van der Waals surface area contributed by atoms with Crippen LogP contribution >= 0.6 is 0 Å². The molecule has 0 amide bonds. The molecule has 0 aromatic rings. The van der Waals surface area contributed by atoms with Crippen molar-refractivity contribution in [3.63, 3.8) is 0 Å². The van der Waals surface area contributed by atoms with Gasteiger partial charge in [0.2, 0.25) is 0 Å². The molecule has 0 N–H and O–H groups in total. The van der Waals surface area contributed by atoms with Crippen molar-refractivity contribution in [1.29, 1.82) is 0 Å². The van der Waals surface area contributed by atoms with Gasteiger partial charge in [-0.2, -0.15) is 0 Å². The summed E-state index contributed by atoms with van der Waals surface area (Å²) in [7, 11) is 0. The standard InChI is InChI=1S/C17H20O4/c1-9-5-6-15(20-11(3)18)17(4)8-14-12(7-13(9)17)10(2)16(19)21-14/h8,13,15H,1,5-7H2,2-4H3/t13-,15+,17+/m0/s1. The van der Waals surface area contributed by atoms with Gasteiger partial charge in [0.1, 0.15) is 11.9 Å². The highest BCUT2D eigenvalue weighted by Gasteiger charge is 2.51. The van der Waals surface area contributed by atoms with E-state index in [1.54, 1.807) is 6.92 Å². The molecule has 1 fully saturated rings. The second-order valence-electron chi connectivity index (χ2n) is 6.42. The third-order valence-electron chi connectivity index (χ3n) is 5.08. The number of hydrogen-bond acceptors (Lipinski definition) is 4. The third kappa shape index (κ3) is 2.04. The number of esters is 2. The van der Waals surface area contributed by atoms with Crippen LogP contribution in [0.5, 0.6) is 0 Å². The Labute approximate surface area is 124 Å². The first-order chi connectivity index (χ1) is 9.83. The molecule has 0 aromatic heterocycles. The number of hydrogen-bond donors (Lipinski definition) is 0. The maximum atomic E-state index is 11.8. The zero-order valence-electron chi connectivity index (χ0n) is 12.7. The van der Waals surface area contributed by atoms with Crippen LogP contribution in [0.25, 0.3) is 0 Å². The molecule has 1 heterocycles. The van der Waals surface area contributed by atoms with Gasteiger partial charge in [-0.3, -0.25) is 4.79 Å². The van der Waals surface area contributed by atoms with Crippen molar-refractivity contribution >= 4 is 11.9 Å². The van der Waals surface area contributed by atoms with Gasteiger partial charge in [0.05, 0.1) is 0 Å². The fourth-order valence-corrected chi connectivity index (χ4v) is 3.81. The molecule has 0 saturated heterocycles. The molecule has 0 spiro atoms. The van der Waals surface area contributed by atoms with Crippen molar-refractivity contribution in [3.05, 3.63) is 35.1 Å². The molecule has 3 rings (SSSR count). The Morgan fingerprint density at radius 1 is 1.52 bits per heavy atom. The van der Waals surface area contributed by atoms with Crippen LogP contribution in [-0.4, -0.2) is 18.0 Å². The van der Waals surface area contributed by atoms with Crippen LogP contribution < -0.4 is 0 Å². The second-order valence-corrected chi connectivity index (χ2v) is 6.42. The Kier molecular flexibility index (Phi) is 3.08. The molecule has 1 aliphatic heterocycles. The van der Waals surface area contributed by atoms with E-state index in [1.807, 2.05) is 6.08 Å². The zero-order valence-corrected chi connectivity index (χ0v) is 12.7. The van der Waals surface area contributed by atoms with Crippen molar-refractivity contribution in [3.8, 4) is 0 Å². The van der Waals surface area contributed by atoms with Crippen LogP contribution in [-0.2, 0) is 19.1 Å². The van der Waals surface area contributed by atoms with Gasteiger partial charge < -0.3 is 9.47 Å². The molecule has 3 aliphatic rings. The lowest BCUT2D eigenvalue weighted by atomic mass is 9.59. The number of ether oxygens (including phenoxy) is 2. The van der Waals surface area contributed by atoms with Crippen LogP contribution in [0.2, 0.25) is 0 Å². The summed E-state index contributed by atoms with van der Waals surface area (Å²) < 4.78 is 10.9. The third-order valence-corrected chi connectivity index (χ3v) is 5.08. The fraction of sp³-hybridized carbons (Fsp3) is 0.529. The molecule has 1 saturated carbocycles. The van der Waals surface area contributed by atoms with Gasteiger partial charge in [0.25, 0.3) is 0 Å². The van der Waals surface area contributed by atoms with Gasteiger partial charge in [-0.25, -0.2) is 4.79 Å². The Balaban J connectivity index is 2.06. The highest BCUT2D eigenvalue weighted by Crippen LogP contribution is 2.54. The molecular weight excluding hydrogens is 268 g/mol. The average Bonchev–Trinajstić information content (AvgIpc) is 2.66. The molecule has 2 aliphatic carbocycles. The van der Waals surface area contributed by atoms with Gasteiger partial charge in [0, 0.05) is 23.5 Å². The Bertz CT molecular complexity index is 610. The van der Waals surface area contributed by atoms with Gasteiger partial charge in [0.15, 0.2) is 0 Å². The fourth-order valence-electron chi connectivity index (χ4n) is 3.81. The predicted molar refractivity (Wildman–Crippen MR) is 77.0 cm³/mol. The van der Waals surface area contributed by atoms with E-state index in [4.69, 9.17) is 9.47 Å². The van der Waals surface area contributed by atoms with Crippen molar-refractivity contribution in [2.75, 3.05) is 0 Å². The number of rotatable bonds is 1. The maximum absolute atomic E-state index is 11.8. The number of carbonyl (C=O) groups excluding carboxylic acids is 2. The summed E-state index contributed by atoms with van der Waals surface area (Å²) in [5, 5.41) is 0. The van der Waals surface area contributed by atoms with Crippen molar-refractivity contribution < 1.29 is 19.1 Å². The first-order valence-corrected chi connectivity index (χ1v) is 7.33. The first-order valence-electron chi connectivity index (χ1n) is 7.33. The molecule has 4 heteroatoms. The summed E-state index contributed by atoms with van der Waals surface area (Å²) in [5.41, 5.74) is 2.47. The number of allylic oxidation sites excluding steroid dienone is 2. The average molecular weight is 288 g/mol. The van der Waals surface area contributed by atoms with Crippen LogP contribution in [0, 0.1) is 11.3 Å². The van der Waals surface area contributed by atoms with Crippen LogP contribution in [0.4, 0.5) is 0 Å². The van der Waals surface area contributed by atoms with E-state index in [0.29, 0.717) is 11.3 Å². The molecule has 0 aromatic carbocycles. The summed E-state index contributed by atoms with van der Waals surface area (Å²) in [6, 6.07) is 0. The summed E-state index contributed by atoms with van der Waals surface area (Å²) in [6.07, 6.45) is 4.13. The Morgan fingerprint density at radius 2 is 2.24 bits per heavy atom. The molecule has 3 atom stereocenters. The molecule has 0 bridgehead atoms. The van der Waals surface area contributed by atoms with Gasteiger partial charge >= 0.3 is 11.9 Å². The summed E-state index contributed by atoms with van der Waals surface area (Å²) in [5.74, 6) is 0.280. The highest BCUT2D eigenvalue weighted by atomic mass is 16.5. The van der Waals surface area contributed by atoms with Gasteiger partial charge in [-0.1, -0.05) is 19.1 Å². The van der Waals surface area contributed by atoms with Crippen molar-refractivity contribution in [2.24, 2.45) is 11.3 Å². The normalized spacial score (nSPS) is 34.9. The largest absolute Gasteiger partial charge is 0.462 e. The van der Waals surface area contributed by atoms with Crippen LogP contribution in [0.3, 0.4) is 0 Å². The highest BCUT2D eigenvalue weighted by molar-refractivity contribution is 5.94. The lowest BCUT2D eigenvalue weighted by molar-refractivity contribution is -0.155. The zero-order chi connectivity index (χ0) is 15.4. The Morgan fingerprint density at radius 3 is 2.90 bits per heavy atom. The van der Waals surface area contributed by atoms with E-state index < -0.39 is 0 Å². The SMILES string of the molecule is C=C1CC[C@@H](OC(C)=O)[C@]2(C)C=C3OC(=O)C(C)=C3C[C@@H]12. The van der Waals surface area contributed by atoms with E-state index in [1.165, 1.54) is 6.92 Å². The second kappa shape index (κ2) is 4.58. The lowest BCUT2D eigenvalue weighted by Crippen LogP contribution is -2.46. The molecule has 0 radical (unpaired) electrons. The minimum absolute atomic E-state index is 0.179. The molecular formula is C17H20O4. The van der Waals surface area contributed by atoms with Crippen molar-refractivity contribution in [1.82, 2.24) is 0 Å².